The Kier molecular flexibility index (Phi) is 3.21. The van der Waals surface area contributed by atoms with Crippen LogP contribution in [0.2, 0.25) is 0 Å². The maximum absolute atomic E-state index is 10.2. The summed E-state index contributed by atoms with van der Waals surface area (Å²) in [4.78, 5) is 9.62. The van der Waals surface area contributed by atoms with Crippen LogP contribution in [0.5, 0.6) is 0 Å². The Labute approximate surface area is 103 Å². The predicted molar refractivity (Wildman–Crippen MR) is 64.9 cm³/mol. The fraction of sp³-hybridized carbons (Fsp3) is 0. The van der Waals surface area contributed by atoms with Crippen LogP contribution in [-0.2, 0) is 0 Å². The van der Waals surface area contributed by atoms with Crippen molar-refractivity contribution in [1.29, 1.82) is 5.26 Å². The molecule has 0 saturated carbocycles. The highest BCUT2D eigenvalue weighted by molar-refractivity contribution is 5.67. The van der Waals surface area contributed by atoms with E-state index in [1.54, 1.807) is 36.4 Å². The normalized spacial score (nSPS) is 10.4. The van der Waals surface area contributed by atoms with Crippen molar-refractivity contribution in [2.75, 3.05) is 0 Å². The van der Waals surface area contributed by atoms with E-state index >= 15 is 0 Å². The lowest BCUT2D eigenvalue weighted by atomic mass is 10.1. The highest BCUT2D eigenvalue weighted by Crippen LogP contribution is 2.25. The molecular weight excluding hydrogens is 232 g/mol. The zero-order chi connectivity index (χ0) is 13.0. The van der Waals surface area contributed by atoms with Crippen molar-refractivity contribution in [3.05, 3.63) is 64.0 Å². The summed E-state index contributed by atoms with van der Waals surface area (Å²) in [6.45, 7) is 0. The summed E-state index contributed by atoms with van der Waals surface area (Å²) in [5, 5.41) is 19.2. The summed E-state index contributed by atoms with van der Waals surface area (Å²) in [5.74, 6) is 0.879. The van der Waals surface area contributed by atoms with E-state index in [9.17, 15) is 10.1 Å². The lowest BCUT2D eigenvalue weighted by Crippen LogP contribution is -1.81. The Hall–Kier alpha value is -2.87. The number of rotatable bonds is 3. The van der Waals surface area contributed by atoms with Gasteiger partial charge in [0, 0.05) is 5.56 Å². The molecule has 1 heterocycles. The molecule has 0 aliphatic carbocycles. The molecule has 2 rings (SSSR count). The highest BCUT2D eigenvalue weighted by atomic mass is 16.6. The van der Waals surface area contributed by atoms with Gasteiger partial charge in [0.2, 0.25) is 6.20 Å². The molecule has 0 spiro atoms. The molecule has 18 heavy (non-hydrogen) atoms. The molecule has 0 unspecified atom stereocenters. The van der Waals surface area contributed by atoms with Crippen LogP contribution in [0.4, 0.5) is 0 Å². The second kappa shape index (κ2) is 4.97. The van der Waals surface area contributed by atoms with E-state index in [1.165, 1.54) is 6.08 Å². The summed E-state index contributed by atoms with van der Waals surface area (Å²) in [7, 11) is 0. The molecule has 5 nitrogen and oxygen atoms in total. The largest absolute Gasteiger partial charge is 0.456 e. The van der Waals surface area contributed by atoms with Crippen LogP contribution in [0.1, 0.15) is 11.3 Å². The minimum absolute atomic E-state index is 0.370. The maximum atomic E-state index is 10.2. The first kappa shape index (κ1) is 11.6. The van der Waals surface area contributed by atoms with Crippen LogP contribution in [0.15, 0.2) is 47.0 Å². The maximum Gasteiger partial charge on any atom is 0.238 e. The molecule has 5 heteroatoms. The van der Waals surface area contributed by atoms with E-state index < -0.39 is 4.92 Å². The second-order valence-electron chi connectivity index (χ2n) is 3.46. The third-order valence-corrected chi connectivity index (χ3v) is 2.30. The summed E-state index contributed by atoms with van der Waals surface area (Å²) in [5.41, 5.74) is 1.16. The van der Waals surface area contributed by atoms with E-state index in [2.05, 4.69) is 6.07 Å². The van der Waals surface area contributed by atoms with Crippen molar-refractivity contribution >= 4 is 6.08 Å². The Morgan fingerprint density at radius 2 is 2.06 bits per heavy atom. The van der Waals surface area contributed by atoms with E-state index in [4.69, 9.17) is 9.68 Å². The van der Waals surface area contributed by atoms with Gasteiger partial charge in [0.05, 0.1) is 22.6 Å². The Morgan fingerprint density at radius 3 is 2.78 bits per heavy atom. The minimum Gasteiger partial charge on any atom is -0.456 e. The van der Waals surface area contributed by atoms with Crippen molar-refractivity contribution in [2.24, 2.45) is 0 Å². The van der Waals surface area contributed by atoms with E-state index in [0.29, 0.717) is 22.6 Å². The average Bonchev–Trinajstić information content (AvgIpc) is 2.85. The average molecular weight is 240 g/mol. The standard InChI is InChI=1S/C13H8N2O3/c14-9-10-3-1-2-4-12(10)13-6-5-11(18-13)7-8-15(16)17/h1-8H/b8-7-. The SMILES string of the molecule is N#Cc1ccccc1-c1ccc(/C=C\[N+](=O)[O-])o1. The second-order valence-corrected chi connectivity index (χ2v) is 3.46. The van der Waals surface area contributed by atoms with Crippen molar-refractivity contribution in [1.82, 2.24) is 0 Å². The van der Waals surface area contributed by atoms with Crippen LogP contribution in [0, 0.1) is 21.4 Å². The van der Waals surface area contributed by atoms with E-state index in [-0.39, 0.29) is 0 Å². The molecule has 0 amide bonds. The van der Waals surface area contributed by atoms with Gasteiger partial charge in [-0.05, 0) is 24.3 Å². The molecular formula is C13H8N2O3. The molecule has 0 radical (unpaired) electrons. The third kappa shape index (κ3) is 2.44. The lowest BCUT2D eigenvalue weighted by molar-refractivity contribution is -0.401. The number of hydrogen-bond donors (Lipinski definition) is 0. The first-order valence-electron chi connectivity index (χ1n) is 5.12. The van der Waals surface area contributed by atoms with Gasteiger partial charge in [0.15, 0.2) is 0 Å². The smallest absolute Gasteiger partial charge is 0.238 e. The topological polar surface area (TPSA) is 80.1 Å². The van der Waals surface area contributed by atoms with Gasteiger partial charge in [-0.25, -0.2) is 0 Å². The van der Waals surface area contributed by atoms with Crippen molar-refractivity contribution in [3.63, 3.8) is 0 Å². The molecule has 0 N–H and O–H groups in total. The van der Waals surface area contributed by atoms with Gasteiger partial charge in [-0.3, -0.25) is 10.1 Å². The van der Waals surface area contributed by atoms with E-state index in [1.807, 2.05) is 0 Å². The quantitative estimate of drug-likeness (QED) is 0.609. The van der Waals surface area contributed by atoms with Gasteiger partial charge in [-0.2, -0.15) is 5.26 Å². The summed E-state index contributed by atoms with van der Waals surface area (Å²) in [6, 6.07) is 12.4. The molecule has 1 aromatic heterocycles. The molecule has 88 valence electrons. The molecule has 2 aromatic rings. The van der Waals surface area contributed by atoms with Crippen molar-refractivity contribution < 1.29 is 9.34 Å². The number of nitrogens with zero attached hydrogens (tertiary/aromatic N) is 2. The van der Waals surface area contributed by atoms with Crippen LogP contribution in [0.3, 0.4) is 0 Å². The van der Waals surface area contributed by atoms with Crippen molar-refractivity contribution in [2.45, 2.75) is 0 Å². The number of furan rings is 1. The molecule has 0 atom stereocenters. The molecule has 0 aliphatic heterocycles. The zero-order valence-corrected chi connectivity index (χ0v) is 9.24. The van der Waals surface area contributed by atoms with Gasteiger partial charge in [-0.1, -0.05) is 12.1 Å². The number of hydrogen-bond acceptors (Lipinski definition) is 4. The molecule has 0 bridgehead atoms. The van der Waals surface area contributed by atoms with Gasteiger partial charge in [0.25, 0.3) is 0 Å². The molecule has 0 fully saturated rings. The van der Waals surface area contributed by atoms with Crippen LogP contribution in [-0.4, -0.2) is 4.92 Å². The van der Waals surface area contributed by atoms with Crippen LogP contribution >= 0.6 is 0 Å². The van der Waals surface area contributed by atoms with Crippen LogP contribution in [0.25, 0.3) is 17.4 Å². The Bertz CT molecular complexity index is 650. The van der Waals surface area contributed by atoms with Crippen LogP contribution < -0.4 is 0 Å². The van der Waals surface area contributed by atoms with Gasteiger partial charge in [-0.15, -0.1) is 0 Å². The van der Waals surface area contributed by atoms with Gasteiger partial charge < -0.3 is 4.42 Å². The molecule has 1 aromatic carbocycles. The molecule has 0 aliphatic rings. The summed E-state index contributed by atoms with van der Waals surface area (Å²) in [6.07, 6.45) is 2.07. The highest BCUT2D eigenvalue weighted by Gasteiger charge is 2.08. The van der Waals surface area contributed by atoms with Crippen molar-refractivity contribution in [3.8, 4) is 17.4 Å². The summed E-state index contributed by atoms with van der Waals surface area (Å²) < 4.78 is 5.42. The first-order valence-corrected chi connectivity index (χ1v) is 5.12. The lowest BCUT2D eigenvalue weighted by Gasteiger charge is -1.98. The monoisotopic (exact) mass is 240 g/mol. The predicted octanol–water partition coefficient (Wildman–Crippen LogP) is 3.07. The zero-order valence-electron chi connectivity index (χ0n) is 9.24. The Morgan fingerprint density at radius 1 is 1.28 bits per heavy atom. The molecule has 0 saturated heterocycles. The number of nitro groups is 1. The first-order chi connectivity index (χ1) is 8.70. The van der Waals surface area contributed by atoms with E-state index in [0.717, 1.165) is 6.20 Å². The fourth-order valence-corrected chi connectivity index (χ4v) is 1.52. The van der Waals surface area contributed by atoms with Gasteiger partial charge >= 0.3 is 0 Å². The summed E-state index contributed by atoms with van der Waals surface area (Å²) >= 11 is 0. The Balaban J connectivity index is 2.36. The minimum atomic E-state index is -0.564. The fourth-order valence-electron chi connectivity index (χ4n) is 1.52. The number of nitriles is 1. The third-order valence-electron chi connectivity index (χ3n) is 2.30. The number of benzene rings is 1. The van der Waals surface area contributed by atoms with Gasteiger partial charge in [0.1, 0.15) is 11.5 Å².